The minimum atomic E-state index is 0.463. The number of hydrogen-bond donors (Lipinski definition) is 0. The summed E-state index contributed by atoms with van der Waals surface area (Å²) >= 11 is 0. The highest BCUT2D eigenvalue weighted by molar-refractivity contribution is 5.82. The number of rotatable bonds is 6. The molecule has 0 N–H and O–H groups in total. The molecule has 2 nitrogen and oxygen atoms in total. The molecule has 3 aromatic rings. The van der Waals surface area contributed by atoms with E-state index in [0.29, 0.717) is 11.5 Å². The first-order valence-corrected chi connectivity index (χ1v) is 9.15. The van der Waals surface area contributed by atoms with E-state index < -0.39 is 0 Å². The van der Waals surface area contributed by atoms with Gasteiger partial charge in [-0.1, -0.05) is 50.2 Å². The molecule has 0 fully saturated rings. The Hall–Kier alpha value is -2.87. The Morgan fingerprint density at radius 2 is 1.54 bits per heavy atom. The molecular weight excluding hydrogens is 318 g/mol. The van der Waals surface area contributed by atoms with Crippen molar-refractivity contribution in [3.8, 4) is 0 Å². The number of benzene rings is 3. The van der Waals surface area contributed by atoms with E-state index in [1.807, 2.05) is 30.3 Å². The number of hydrogen-bond acceptors (Lipinski definition) is 2. The molecule has 0 heterocycles. The molecule has 3 rings (SSSR count). The van der Waals surface area contributed by atoms with E-state index in [1.54, 1.807) is 0 Å². The minimum Gasteiger partial charge on any atom is -0.310 e. The maximum Gasteiger partial charge on any atom is 0.150 e. The molecule has 2 heteroatoms. The largest absolute Gasteiger partial charge is 0.310 e. The van der Waals surface area contributed by atoms with Gasteiger partial charge < -0.3 is 4.90 Å². The van der Waals surface area contributed by atoms with Crippen LogP contribution in [0.3, 0.4) is 0 Å². The molecule has 0 saturated carbocycles. The molecule has 0 aliphatic heterocycles. The number of para-hydroxylation sites is 2. The summed E-state index contributed by atoms with van der Waals surface area (Å²) in [4.78, 5) is 13.3. The van der Waals surface area contributed by atoms with E-state index in [9.17, 15) is 4.79 Å². The molecule has 0 amide bonds. The van der Waals surface area contributed by atoms with Gasteiger partial charge in [-0.05, 0) is 66.8 Å². The average molecular weight is 343 g/mol. The second-order valence-electron chi connectivity index (χ2n) is 6.70. The van der Waals surface area contributed by atoms with Crippen LogP contribution in [0, 0.1) is 6.92 Å². The van der Waals surface area contributed by atoms with Crippen LogP contribution < -0.4 is 4.90 Å². The third-order valence-corrected chi connectivity index (χ3v) is 4.94. The molecule has 1 unspecified atom stereocenters. The van der Waals surface area contributed by atoms with Crippen LogP contribution in [0.2, 0.25) is 0 Å². The lowest BCUT2D eigenvalue weighted by molar-refractivity contribution is 0.112. The van der Waals surface area contributed by atoms with Crippen molar-refractivity contribution in [2.45, 2.75) is 33.1 Å². The standard InChI is InChI=1S/C24H25NO/c1-4-18(2)23-12-8-9-19(3)24(23)25(21-10-6-5-7-11-21)22-15-13-20(17-26)14-16-22/h5-18H,4H2,1-3H3. The minimum absolute atomic E-state index is 0.463. The fourth-order valence-electron chi connectivity index (χ4n) is 3.29. The van der Waals surface area contributed by atoms with Gasteiger partial charge in [0.2, 0.25) is 0 Å². The van der Waals surface area contributed by atoms with E-state index in [1.165, 1.54) is 16.8 Å². The molecule has 1 atom stereocenters. The van der Waals surface area contributed by atoms with Crippen molar-refractivity contribution in [1.82, 2.24) is 0 Å². The first kappa shape index (κ1) is 17.9. The van der Waals surface area contributed by atoms with Crippen molar-refractivity contribution in [1.29, 1.82) is 0 Å². The van der Waals surface area contributed by atoms with Gasteiger partial charge in [-0.2, -0.15) is 0 Å². The maximum absolute atomic E-state index is 11.1. The fraction of sp³-hybridized carbons (Fsp3) is 0.208. The molecular formula is C24H25NO. The van der Waals surface area contributed by atoms with Crippen LogP contribution in [0.1, 0.15) is 47.7 Å². The molecule has 0 radical (unpaired) electrons. The Labute approximate surface area is 156 Å². The zero-order valence-electron chi connectivity index (χ0n) is 15.6. The summed E-state index contributed by atoms with van der Waals surface area (Å²) in [7, 11) is 0. The lowest BCUT2D eigenvalue weighted by Gasteiger charge is -2.31. The van der Waals surface area contributed by atoms with Crippen molar-refractivity contribution in [2.75, 3.05) is 4.90 Å². The van der Waals surface area contributed by atoms with Gasteiger partial charge in [-0.25, -0.2) is 0 Å². The van der Waals surface area contributed by atoms with Gasteiger partial charge in [0.05, 0.1) is 5.69 Å². The number of carbonyl (C=O) groups is 1. The van der Waals surface area contributed by atoms with Gasteiger partial charge in [0.15, 0.2) is 0 Å². The Balaban J connectivity index is 2.23. The predicted octanol–water partition coefficient (Wildman–Crippen LogP) is 6.79. The van der Waals surface area contributed by atoms with Crippen LogP contribution in [-0.2, 0) is 0 Å². The summed E-state index contributed by atoms with van der Waals surface area (Å²) in [6, 6.07) is 24.7. The maximum atomic E-state index is 11.1. The van der Waals surface area contributed by atoms with E-state index in [4.69, 9.17) is 0 Å². The van der Waals surface area contributed by atoms with Gasteiger partial charge in [0.25, 0.3) is 0 Å². The Morgan fingerprint density at radius 1 is 0.885 bits per heavy atom. The van der Waals surface area contributed by atoms with Crippen LogP contribution in [0.4, 0.5) is 17.1 Å². The van der Waals surface area contributed by atoms with Crippen LogP contribution in [-0.4, -0.2) is 6.29 Å². The quantitative estimate of drug-likeness (QED) is 0.459. The highest BCUT2D eigenvalue weighted by Crippen LogP contribution is 2.41. The molecule has 132 valence electrons. The van der Waals surface area contributed by atoms with E-state index in [2.05, 4.69) is 68.1 Å². The van der Waals surface area contributed by atoms with Crippen LogP contribution in [0.5, 0.6) is 0 Å². The smallest absolute Gasteiger partial charge is 0.150 e. The van der Waals surface area contributed by atoms with Crippen molar-refractivity contribution in [2.24, 2.45) is 0 Å². The van der Waals surface area contributed by atoms with Crippen LogP contribution in [0.15, 0.2) is 72.8 Å². The Bertz CT molecular complexity index is 868. The predicted molar refractivity (Wildman–Crippen MR) is 110 cm³/mol. The number of aryl methyl sites for hydroxylation is 1. The number of aldehydes is 1. The van der Waals surface area contributed by atoms with Crippen LogP contribution in [0.25, 0.3) is 0 Å². The number of carbonyl (C=O) groups excluding carboxylic acids is 1. The van der Waals surface area contributed by atoms with Gasteiger partial charge in [0, 0.05) is 16.9 Å². The first-order valence-electron chi connectivity index (χ1n) is 9.15. The molecule has 0 bridgehead atoms. The summed E-state index contributed by atoms with van der Waals surface area (Å²) in [5, 5.41) is 0. The third kappa shape index (κ3) is 3.55. The van der Waals surface area contributed by atoms with Gasteiger partial charge in [0.1, 0.15) is 6.29 Å². The SMILES string of the molecule is CCC(C)c1cccc(C)c1N(c1ccccc1)c1ccc(C=O)cc1. The normalized spacial score (nSPS) is 11.8. The molecule has 0 aromatic heterocycles. The van der Waals surface area contributed by atoms with Gasteiger partial charge in [-0.3, -0.25) is 4.79 Å². The van der Waals surface area contributed by atoms with Crippen LogP contribution >= 0.6 is 0 Å². The fourth-order valence-corrected chi connectivity index (χ4v) is 3.29. The molecule has 0 saturated heterocycles. The number of nitrogens with zero attached hydrogens (tertiary/aromatic N) is 1. The second kappa shape index (κ2) is 8.01. The summed E-state index contributed by atoms with van der Waals surface area (Å²) < 4.78 is 0. The monoisotopic (exact) mass is 343 g/mol. The van der Waals surface area contributed by atoms with Crippen molar-refractivity contribution >= 4 is 23.3 Å². The van der Waals surface area contributed by atoms with Crippen molar-refractivity contribution in [3.63, 3.8) is 0 Å². The highest BCUT2D eigenvalue weighted by atomic mass is 16.1. The van der Waals surface area contributed by atoms with Gasteiger partial charge in [-0.15, -0.1) is 0 Å². The molecule has 0 aliphatic carbocycles. The number of anilines is 3. The Morgan fingerprint density at radius 3 is 2.15 bits per heavy atom. The lowest BCUT2D eigenvalue weighted by Crippen LogP contribution is -2.14. The molecule has 0 aliphatic rings. The van der Waals surface area contributed by atoms with Crippen molar-refractivity contribution < 1.29 is 4.79 Å². The van der Waals surface area contributed by atoms with E-state index in [0.717, 1.165) is 24.1 Å². The average Bonchev–Trinajstić information content (AvgIpc) is 2.70. The summed E-state index contributed by atoms with van der Waals surface area (Å²) in [5.41, 5.74) is 6.67. The zero-order valence-corrected chi connectivity index (χ0v) is 15.6. The molecule has 3 aromatic carbocycles. The van der Waals surface area contributed by atoms with Crippen molar-refractivity contribution in [3.05, 3.63) is 89.5 Å². The summed E-state index contributed by atoms with van der Waals surface area (Å²) in [6.07, 6.45) is 1.97. The van der Waals surface area contributed by atoms with Gasteiger partial charge >= 0.3 is 0 Å². The summed E-state index contributed by atoms with van der Waals surface area (Å²) in [5.74, 6) is 0.463. The highest BCUT2D eigenvalue weighted by Gasteiger charge is 2.20. The zero-order chi connectivity index (χ0) is 18.5. The first-order chi connectivity index (χ1) is 12.7. The third-order valence-electron chi connectivity index (χ3n) is 4.94. The lowest BCUT2D eigenvalue weighted by atomic mass is 9.93. The second-order valence-corrected chi connectivity index (χ2v) is 6.70. The van der Waals surface area contributed by atoms with E-state index >= 15 is 0 Å². The van der Waals surface area contributed by atoms with E-state index in [-0.39, 0.29) is 0 Å². The summed E-state index contributed by atoms with van der Waals surface area (Å²) in [6.45, 7) is 6.66. The topological polar surface area (TPSA) is 20.3 Å². The molecule has 26 heavy (non-hydrogen) atoms. The Kier molecular flexibility index (Phi) is 5.52. The molecule has 0 spiro atoms.